The van der Waals surface area contributed by atoms with E-state index in [4.69, 9.17) is 23.2 Å². The highest BCUT2D eigenvalue weighted by molar-refractivity contribution is 6.29. The summed E-state index contributed by atoms with van der Waals surface area (Å²) in [4.78, 5) is 7.81. The largest absolute Gasteiger partial charge is 0.240 e. The van der Waals surface area contributed by atoms with Gasteiger partial charge in [0.25, 0.3) is 0 Å². The molecular formula is C6H6Cl2N2. The molecule has 0 aliphatic carbocycles. The Morgan fingerprint density at radius 1 is 1.60 bits per heavy atom. The van der Waals surface area contributed by atoms with Gasteiger partial charge in [0.1, 0.15) is 11.0 Å². The zero-order chi connectivity index (χ0) is 7.56. The molecule has 0 aliphatic heterocycles. The maximum absolute atomic E-state index is 5.69. The summed E-state index contributed by atoms with van der Waals surface area (Å²) < 4.78 is 0. The number of aromatic nitrogens is 2. The molecule has 1 rings (SSSR count). The third kappa shape index (κ3) is 1.82. The first-order valence-electron chi connectivity index (χ1n) is 2.82. The molecule has 4 heteroatoms. The Bertz CT molecular complexity index is 225. The van der Waals surface area contributed by atoms with E-state index < -0.39 is 0 Å². The lowest BCUT2D eigenvalue weighted by Crippen LogP contribution is -1.93. The average molecular weight is 177 g/mol. The van der Waals surface area contributed by atoms with E-state index in [1.165, 1.54) is 0 Å². The van der Waals surface area contributed by atoms with E-state index >= 15 is 0 Å². The van der Waals surface area contributed by atoms with Crippen molar-refractivity contribution in [3.8, 4) is 0 Å². The zero-order valence-electron chi connectivity index (χ0n) is 5.38. The summed E-state index contributed by atoms with van der Waals surface area (Å²) in [6.45, 7) is 1.80. The van der Waals surface area contributed by atoms with Crippen molar-refractivity contribution in [2.24, 2.45) is 0 Å². The first kappa shape index (κ1) is 7.76. The van der Waals surface area contributed by atoms with Crippen LogP contribution in [0.2, 0.25) is 5.15 Å². The highest BCUT2D eigenvalue weighted by Crippen LogP contribution is 2.15. The van der Waals surface area contributed by atoms with Crippen molar-refractivity contribution >= 4 is 23.2 Å². The highest BCUT2D eigenvalue weighted by Gasteiger charge is 2.03. The monoisotopic (exact) mass is 176 g/mol. The fourth-order valence-corrected chi connectivity index (χ4v) is 0.790. The first-order chi connectivity index (χ1) is 4.70. The molecular weight excluding hydrogens is 171 g/mol. The third-order valence-corrected chi connectivity index (χ3v) is 1.40. The quantitative estimate of drug-likeness (QED) is 0.486. The molecule has 0 radical (unpaired) electrons. The molecule has 1 unspecified atom stereocenters. The van der Waals surface area contributed by atoms with Gasteiger partial charge < -0.3 is 0 Å². The van der Waals surface area contributed by atoms with Crippen molar-refractivity contribution in [2.75, 3.05) is 0 Å². The number of hydrogen-bond acceptors (Lipinski definition) is 2. The predicted molar refractivity (Wildman–Crippen MR) is 41.3 cm³/mol. The second kappa shape index (κ2) is 3.17. The zero-order valence-corrected chi connectivity index (χ0v) is 6.89. The summed E-state index contributed by atoms with van der Waals surface area (Å²) in [6, 6.07) is 1.62. The first-order valence-corrected chi connectivity index (χ1v) is 3.64. The number of nitrogens with zero attached hydrogens (tertiary/aromatic N) is 2. The van der Waals surface area contributed by atoms with Crippen molar-refractivity contribution < 1.29 is 0 Å². The Kier molecular flexibility index (Phi) is 2.46. The van der Waals surface area contributed by atoms with Crippen molar-refractivity contribution in [3.63, 3.8) is 0 Å². The number of hydrogen-bond donors (Lipinski definition) is 0. The molecule has 0 fully saturated rings. The molecule has 1 aromatic rings. The van der Waals surface area contributed by atoms with Crippen LogP contribution in [0.3, 0.4) is 0 Å². The normalized spacial score (nSPS) is 13.1. The molecule has 54 valence electrons. The Hall–Kier alpha value is -0.340. The molecule has 1 atom stereocenters. The van der Waals surface area contributed by atoms with Crippen molar-refractivity contribution in [1.82, 2.24) is 9.97 Å². The Morgan fingerprint density at radius 3 is 2.70 bits per heavy atom. The molecule has 0 saturated carbocycles. The van der Waals surface area contributed by atoms with Crippen LogP contribution in [0.25, 0.3) is 0 Å². The van der Waals surface area contributed by atoms with Crippen LogP contribution in [0.4, 0.5) is 0 Å². The fourth-order valence-electron chi connectivity index (χ4n) is 0.542. The van der Waals surface area contributed by atoms with Gasteiger partial charge in [0.2, 0.25) is 0 Å². The minimum atomic E-state index is -0.182. The van der Waals surface area contributed by atoms with E-state index in [2.05, 4.69) is 9.97 Å². The fraction of sp³-hybridized carbons (Fsp3) is 0.333. The Balaban J connectivity index is 2.96. The summed E-state index contributed by atoms with van der Waals surface area (Å²) in [7, 11) is 0. The predicted octanol–water partition coefficient (Wildman–Crippen LogP) is 2.43. The van der Waals surface area contributed by atoms with Crippen LogP contribution in [0.5, 0.6) is 0 Å². The van der Waals surface area contributed by atoms with Crippen molar-refractivity contribution in [1.29, 1.82) is 0 Å². The summed E-state index contributed by atoms with van der Waals surface area (Å²) >= 11 is 11.3. The molecule has 1 aromatic heterocycles. The lowest BCUT2D eigenvalue weighted by atomic mass is 10.4. The molecule has 0 N–H and O–H groups in total. The van der Waals surface area contributed by atoms with Gasteiger partial charge in [0, 0.05) is 6.20 Å². The van der Waals surface area contributed by atoms with Gasteiger partial charge in [-0.05, 0) is 13.0 Å². The number of alkyl halides is 1. The van der Waals surface area contributed by atoms with Gasteiger partial charge in [-0.25, -0.2) is 9.97 Å². The average Bonchev–Trinajstić information content (AvgIpc) is 1.88. The summed E-state index contributed by atoms with van der Waals surface area (Å²) in [6.07, 6.45) is 1.59. The summed E-state index contributed by atoms with van der Waals surface area (Å²) in [5, 5.41) is 0.246. The van der Waals surface area contributed by atoms with Crippen molar-refractivity contribution in [3.05, 3.63) is 23.2 Å². The lowest BCUT2D eigenvalue weighted by molar-refractivity contribution is 0.910. The lowest BCUT2D eigenvalue weighted by Gasteiger charge is -1.98. The van der Waals surface area contributed by atoms with Gasteiger partial charge >= 0.3 is 0 Å². The minimum Gasteiger partial charge on any atom is -0.240 e. The molecule has 0 saturated heterocycles. The van der Waals surface area contributed by atoms with E-state index in [0.29, 0.717) is 11.0 Å². The molecule has 0 bridgehead atoms. The van der Waals surface area contributed by atoms with Gasteiger partial charge in [-0.15, -0.1) is 11.6 Å². The Labute approximate surface area is 69.2 Å². The van der Waals surface area contributed by atoms with Gasteiger partial charge in [-0.3, -0.25) is 0 Å². The summed E-state index contributed by atoms with van der Waals surface area (Å²) in [5.74, 6) is 0.564. The molecule has 0 amide bonds. The SMILES string of the molecule is CC(Cl)c1nccc(Cl)n1. The molecule has 0 spiro atoms. The van der Waals surface area contributed by atoms with E-state index in [-0.39, 0.29) is 5.38 Å². The topological polar surface area (TPSA) is 25.8 Å². The summed E-state index contributed by atoms with van der Waals surface area (Å²) in [5.41, 5.74) is 0. The van der Waals surface area contributed by atoms with E-state index in [9.17, 15) is 0 Å². The van der Waals surface area contributed by atoms with E-state index in [1.54, 1.807) is 19.2 Å². The molecule has 0 aromatic carbocycles. The molecule has 10 heavy (non-hydrogen) atoms. The maximum Gasteiger partial charge on any atom is 0.147 e. The van der Waals surface area contributed by atoms with Crippen molar-refractivity contribution in [2.45, 2.75) is 12.3 Å². The van der Waals surface area contributed by atoms with E-state index in [1.807, 2.05) is 0 Å². The third-order valence-electron chi connectivity index (χ3n) is 0.996. The minimum absolute atomic E-state index is 0.182. The number of rotatable bonds is 1. The van der Waals surface area contributed by atoms with Gasteiger partial charge in [0.05, 0.1) is 5.38 Å². The van der Waals surface area contributed by atoms with Crippen LogP contribution in [-0.4, -0.2) is 9.97 Å². The van der Waals surface area contributed by atoms with Crippen LogP contribution in [-0.2, 0) is 0 Å². The number of halogens is 2. The molecule has 2 nitrogen and oxygen atoms in total. The smallest absolute Gasteiger partial charge is 0.147 e. The second-order valence-corrected chi connectivity index (χ2v) is 2.90. The molecule has 0 aliphatic rings. The van der Waals surface area contributed by atoms with Gasteiger partial charge in [0.15, 0.2) is 0 Å². The molecule has 1 heterocycles. The van der Waals surface area contributed by atoms with Gasteiger partial charge in [-0.2, -0.15) is 0 Å². The maximum atomic E-state index is 5.69. The second-order valence-electron chi connectivity index (χ2n) is 1.85. The highest BCUT2D eigenvalue weighted by atomic mass is 35.5. The Morgan fingerprint density at radius 2 is 2.30 bits per heavy atom. The van der Waals surface area contributed by atoms with Gasteiger partial charge in [-0.1, -0.05) is 11.6 Å². The standard InChI is InChI=1S/C6H6Cl2N2/c1-4(7)6-9-3-2-5(8)10-6/h2-4H,1H3. The van der Waals surface area contributed by atoms with Crippen LogP contribution in [0.15, 0.2) is 12.3 Å². The van der Waals surface area contributed by atoms with Crippen LogP contribution < -0.4 is 0 Å². The van der Waals surface area contributed by atoms with E-state index in [0.717, 1.165) is 0 Å². The van der Waals surface area contributed by atoms with Crippen LogP contribution in [0, 0.1) is 0 Å². The van der Waals surface area contributed by atoms with Crippen LogP contribution in [0.1, 0.15) is 18.1 Å². The van der Waals surface area contributed by atoms with Crippen LogP contribution >= 0.6 is 23.2 Å².